The number of carbonyl (C=O) groups excluding carboxylic acids is 1. The number of nitrogens with zero attached hydrogens (tertiary/aromatic N) is 2. The van der Waals surface area contributed by atoms with E-state index in [0.29, 0.717) is 13.1 Å². The molecule has 0 radical (unpaired) electrons. The molecule has 0 aliphatic heterocycles. The van der Waals surface area contributed by atoms with Crippen LogP contribution in [-0.4, -0.2) is 22.0 Å². The number of nitrogens with two attached hydrogens (primary N) is 1. The summed E-state index contributed by atoms with van der Waals surface area (Å²) in [6.45, 7) is 1.03. The number of imidazole rings is 1. The number of halogens is 2. The molecule has 0 aliphatic carbocycles. The predicted molar refractivity (Wildman–Crippen MR) is 70.6 cm³/mol. The maximum Gasteiger partial charge on any atom is 0.275 e. The van der Waals surface area contributed by atoms with E-state index in [-0.39, 0.29) is 16.4 Å². The number of aromatic nitrogens is 2. The van der Waals surface area contributed by atoms with Gasteiger partial charge in [-0.25, -0.2) is 9.37 Å². The van der Waals surface area contributed by atoms with Gasteiger partial charge in [0.25, 0.3) is 5.91 Å². The Kier molecular flexibility index (Phi) is 4.13. The van der Waals surface area contributed by atoms with Gasteiger partial charge in [0, 0.05) is 30.0 Å². The van der Waals surface area contributed by atoms with Crippen molar-refractivity contribution in [3.05, 3.63) is 47.3 Å². The maximum absolute atomic E-state index is 13.1. The van der Waals surface area contributed by atoms with Gasteiger partial charge in [-0.3, -0.25) is 4.79 Å². The molecule has 0 unspecified atom stereocenters. The average Bonchev–Trinajstić information content (AvgIpc) is 2.76. The second kappa shape index (κ2) is 5.81. The van der Waals surface area contributed by atoms with Gasteiger partial charge in [0.15, 0.2) is 0 Å². The molecule has 1 aromatic heterocycles. The first-order chi connectivity index (χ1) is 9.08. The monoisotopic (exact) mass is 282 g/mol. The van der Waals surface area contributed by atoms with Gasteiger partial charge in [-0.2, -0.15) is 0 Å². The highest BCUT2D eigenvalue weighted by Crippen LogP contribution is 2.18. The third-order valence-corrected chi connectivity index (χ3v) is 2.59. The van der Waals surface area contributed by atoms with Gasteiger partial charge in [-0.05, 0) is 18.2 Å². The standard InChI is InChI=1S/C12H12ClFN4O/c13-8-3-9(14)5-10(4-8)17-12(19)11-6-18(2-1-15)7-16-11/h3-7H,1-2,15H2,(H,17,19). The lowest BCUT2D eigenvalue weighted by Crippen LogP contribution is -2.13. The van der Waals surface area contributed by atoms with Gasteiger partial charge >= 0.3 is 0 Å². The van der Waals surface area contributed by atoms with Crippen molar-refractivity contribution >= 4 is 23.2 Å². The second-order valence-electron chi connectivity index (χ2n) is 3.90. The fraction of sp³-hybridized carbons (Fsp3) is 0.167. The van der Waals surface area contributed by atoms with Gasteiger partial charge in [-0.1, -0.05) is 11.6 Å². The van der Waals surface area contributed by atoms with Crippen LogP contribution in [0.5, 0.6) is 0 Å². The zero-order valence-corrected chi connectivity index (χ0v) is 10.7. The maximum atomic E-state index is 13.1. The Labute approximate surface area is 114 Å². The molecule has 0 saturated carbocycles. The fourth-order valence-electron chi connectivity index (χ4n) is 1.57. The first-order valence-corrected chi connectivity index (χ1v) is 5.95. The molecule has 0 atom stereocenters. The van der Waals surface area contributed by atoms with Crippen molar-refractivity contribution in [3.63, 3.8) is 0 Å². The molecule has 0 spiro atoms. The number of rotatable bonds is 4. The largest absolute Gasteiger partial charge is 0.335 e. The molecule has 1 amide bonds. The van der Waals surface area contributed by atoms with Crippen LogP contribution in [0.25, 0.3) is 0 Å². The van der Waals surface area contributed by atoms with Gasteiger partial charge in [-0.15, -0.1) is 0 Å². The Hall–Kier alpha value is -1.92. The molecule has 2 rings (SSSR count). The van der Waals surface area contributed by atoms with Crippen LogP contribution in [0.3, 0.4) is 0 Å². The lowest BCUT2D eigenvalue weighted by Gasteiger charge is -2.04. The first-order valence-electron chi connectivity index (χ1n) is 5.58. The third-order valence-electron chi connectivity index (χ3n) is 2.37. The predicted octanol–water partition coefficient (Wildman–Crippen LogP) is 1.89. The Morgan fingerprint density at radius 3 is 2.95 bits per heavy atom. The van der Waals surface area contributed by atoms with Crippen molar-refractivity contribution in [2.75, 3.05) is 11.9 Å². The second-order valence-corrected chi connectivity index (χ2v) is 4.33. The molecular formula is C12H12ClFN4O. The van der Waals surface area contributed by atoms with Crippen LogP contribution < -0.4 is 11.1 Å². The Balaban J connectivity index is 2.11. The van der Waals surface area contributed by atoms with E-state index in [0.717, 1.165) is 6.07 Å². The summed E-state index contributed by atoms with van der Waals surface area (Å²) in [4.78, 5) is 15.8. The van der Waals surface area contributed by atoms with Crippen molar-refractivity contribution in [2.24, 2.45) is 5.73 Å². The topological polar surface area (TPSA) is 72.9 Å². The quantitative estimate of drug-likeness (QED) is 0.899. The molecule has 0 saturated heterocycles. The highest BCUT2D eigenvalue weighted by atomic mass is 35.5. The van der Waals surface area contributed by atoms with Crippen LogP contribution in [0.2, 0.25) is 5.02 Å². The van der Waals surface area contributed by atoms with Crippen molar-refractivity contribution in [1.29, 1.82) is 0 Å². The first kappa shape index (κ1) is 13.5. The molecule has 7 heteroatoms. The SMILES string of the molecule is NCCn1cnc(C(=O)Nc2cc(F)cc(Cl)c2)c1. The Morgan fingerprint density at radius 1 is 1.47 bits per heavy atom. The smallest absolute Gasteiger partial charge is 0.275 e. The fourth-order valence-corrected chi connectivity index (χ4v) is 1.79. The molecule has 0 fully saturated rings. The van der Waals surface area contributed by atoms with Crippen LogP contribution in [0.15, 0.2) is 30.7 Å². The van der Waals surface area contributed by atoms with Gasteiger partial charge < -0.3 is 15.6 Å². The van der Waals surface area contributed by atoms with Crippen LogP contribution in [-0.2, 0) is 6.54 Å². The normalized spacial score (nSPS) is 10.5. The molecule has 100 valence electrons. The summed E-state index contributed by atoms with van der Waals surface area (Å²) >= 11 is 5.70. The van der Waals surface area contributed by atoms with Gasteiger partial charge in [0.1, 0.15) is 11.5 Å². The van der Waals surface area contributed by atoms with Crippen LogP contribution >= 0.6 is 11.6 Å². The summed E-state index contributed by atoms with van der Waals surface area (Å²) < 4.78 is 14.8. The van der Waals surface area contributed by atoms with E-state index >= 15 is 0 Å². The van der Waals surface area contributed by atoms with Crippen molar-refractivity contribution in [1.82, 2.24) is 9.55 Å². The van der Waals surface area contributed by atoms with Crippen LogP contribution in [0.1, 0.15) is 10.5 Å². The van der Waals surface area contributed by atoms with E-state index in [4.69, 9.17) is 17.3 Å². The summed E-state index contributed by atoms with van der Waals surface area (Å²) in [5.74, 6) is -0.950. The van der Waals surface area contributed by atoms with Crippen molar-refractivity contribution in [3.8, 4) is 0 Å². The summed E-state index contributed by atoms with van der Waals surface area (Å²) in [7, 11) is 0. The highest BCUT2D eigenvalue weighted by Gasteiger charge is 2.10. The molecule has 0 aliphatic rings. The van der Waals surface area contributed by atoms with E-state index < -0.39 is 11.7 Å². The number of amides is 1. The Bertz CT molecular complexity index is 579. The molecule has 1 aromatic carbocycles. The van der Waals surface area contributed by atoms with Crippen LogP contribution in [0.4, 0.5) is 10.1 Å². The minimum Gasteiger partial charge on any atom is -0.335 e. The van der Waals surface area contributed by atoms with Crippen molar-refractivity contribution in [2.45, 2.75) is 6.54 Å². The zero-order valence-electron chi connectivity index (χ0n) is 9.94. The molecule has 5 nitrogen and oxygen atoms in total. The molecule has 19 heavy (non-hydrogen) atoms. The third kappa shape index (κ3) is 3.52. The van der Waals surface area contributed by atoms with Crippen LogP contribution in [0, 0.1) is 5.82 Å². The summed E-state index contributed by atoms with van der Waals surface area (Å²) in [6, 6.07) is 3.80. The summed E-state index contributed by atoms with van der Waals surface area (Å²) in [5, 5.41) is 2.74. The number of hydrogen-bond acceptors (Lipinski definition) is 3. The average molecular weight is 283 g/mol. The highest BCUT2D eigenvalue weighted by molar-refractivity contribution is 6.31. The number of anilines is 1. The minimum absolute atomic E-state index is 0.212. The van der Waals surface area contributed by atoms with E-state index in [1.807, 2.05) is 0 Å². The number of carbonyl (C=O) groups is 1. The van der Waals surface area contributed by atoms with Gasteiger partial charge in [0.2, 0.25) is 0 Å². The van der Waals surface area contributed by atoms with Crippen molar-refractivity contribution < 1.29 is 9.18 Å². The lowest BCUT2D eigenvalue weighted by molar-refractivity contribution is 0.102. The molecule has 3 N–H and O–H groups in total. The number of benzene rings is 1. The lowest BCUT2D eigenvalue weighted by atomic mass is 10.3. The molecule has 0 bridgehead atoms. The van der Waals surface area contributed by atoms with E-state index in [1.54, 1.807) is 10.8 Å². The molecule has 2 aromatic rings. The van der Waals surface area contributed by atoms with E-state index in [9.17, 15) is 9.18 Å². The van der Waals surface area contributed by atoms with E-state index in [1.165, 1.54) is 18.5 Å². The minimum atomic E-state index is -0.517. The van der Waals surface area contributed by atoms with Gasteiger partial charge in [0.05, 0.1) is 6.33 Å². The Morgan fingerprint density at radius 2 is 2.26 bits per heavy atom. The molecular weight excluding hydrogens is 271 g/mol. The zero-order chi connectivity index (χ0) is 13.8. The summed E-state index contributed by atoms with van der Waals surface area (Å²) in [6.07, 6.45) is 3.09. The summed E-state index contributed by atoms with van der Waals surface area (Å²) in [5.41, 5.74) is 5.91. The number of nitrogens with one attached hydrogen (secondary N) is 1. The number of hydrogen-bond donors (Lipinski definition) is 2. The van der Waals surface area contributed by atoms with E-state index in [2.05, 4.69) is 10.3 Å². The molecule has 1 heterocycles.